The third kappa shape index (κ3) is 6.09. The van der Waals surface area contributed by atoms with Gasteiger partial charge in [-0.15, -0.1) is 0 Å². The van der Waals surface area contributed by atoms with Crippen molar-refractivity contribution in [3.63, 3.8) is 0 Å². The number of aromatic hydroxyl groups is 2. The van der Waals surface area contributed by atoms with Crippen molar-refractivity contribution in [2.45, 2.75) is 32.8 Å². The van der Waals surface area contributed by atoms with Gasteiger partial charge < -0.3 is 35.8 Å². The van der Waals surface area contributed by atoms with E-state index in [1.54, 1.807) is 18.2 Å². The highest BCUT2D eigenvalue weighted by molar-refractivity contribution is 5.90. The van der Waals surface area contributed by atoms with E-state index < -0.39 is 6.10 Å². The Bertz CT molecular complexity index is 856. The Kier molecular flexibility index (Phi) is 8.91. The fraction of sp³-hybridized carbons (Fsp3) is 0.409. The molecule has 0 aliphatic carbocycles. The molecule has 30 heavy (non-hydrogen) atoms. The average Bonchev–Trinajstić information content (AvgIpc) is 2.71. The second-order valence-corrected chi connectivity index (χ2v) is 6.83. The summed E-state index contributed by atoms with van der Waals surface area (Å²) in [6, 6.07) is 8.07. The summed E-state index contributed by atoms with van der Waals surface area (Å²) in [6.45, 7) is 4.07. The molecule has 0 heterocycles. The summed E-state index contributed by atoms with van der Waals surface area (Å²) in [5.41, 5.74) is 3.22. The highest BCUT2D eigenvalue weighted by Crippen LogP contribution is 2.40. The number of rotatable bonds is 10. The third-order valence-corrected chi connectivity index (χ3v) is 4.62. The fourth-order valence-electron chi connectivity index (χ4n) is 3.28. The van der Waals surface area contributed by atoms with Crippen LogP contribution in [-0.2, 0) is 17.6 Å². The van der Waals surface area contributed by atoms with Gasteiger partial charge in [-0.05, 0) is 48.6 Å². The largest absolute Gasteiger partial charge is 0.508 e. The Labute approximate surface area is 176 Å². The van der Waals surface area contributed by atoms with E-state index in [-0.39, 0.29) is 37.4 Å². The zero-order chi connectivity index (χ0) is 22.1. The monoisotopic (exact) mass is 418 g/mol. The van der Waals surface area contributed by atoms with E-state index in [1.807, 2.05) is 19.9 Å². The molecule has 2 amide bonds. The SMILES string of the molecule is CCNC(=O)Nc1cccc(-c2c(O)cc(O)c(CC)c2CCOCC(O)CO)c1. The number of amides is 2. The number of nitrogens with one attached hydrogen (secondary N) is 2. The molecule has 0 saturated heterocycles. The minimum atomic E-state index is -0.954. The Morgan fingerprint density at radius 3 is 2.57 bits per heavy atom. The smallest absolute Gasteiger partial charge is 0.319 e. The molecule has 2 rings (SSSR count). The molecule has 0 fully saturated rings. The van der Waals surface area contributed by atoms with Crippen LogP contribution < -0.4 is 10.6 Å². The number of benzene rings is 2. The molecule has 0 bridgehead atoms. The predicted octanol–water partition coefficient (Wildman–Crippen LogP) is 2.38. The van der Waals surface area contributed by atoms with Crippen LogP contribution in [-0.4, -0.2) is 58.9 Å². The van der Waals surface area contributed by atoms with Gasteiger partial charge in [-0.25, -0.2) is 4.79 Å². The number of aliphatic hydroxyl groups excluding tert-OH is 2. The summed E-state index contributed by atoms with van der Waals surface area (Å²) in [5, 5.41) is 44.7. The van der Waals surface area contributed by atoms with Crippen molar-refractivity contribution in [2.24, 2.45) is 0 Å². The zero-order valence-corrected chi connectivity index (χ0v) is 17.3. The van der Waals surface area contributed by atoms with Crippen molar-refractivity contribution in [3.8, 4) is 22.6 Å². The van der Waals surface area contributed by atoms with E-state index >= 15 is 0 Å². The molecule has 0 aliphatic heterocycles. The van der Waals surface area contributed by atoms with E-state index in [0.717, 1.165) is 5.56 Å². The maximum atomic E-state index is 11.8. The Balaban J connectivity index is 2.37. The van der Waals surface area contributed by atoms with Gasteiger partial charge >= 0.3 is 6.03 Å². The topological polar surface area (TPSA) is 131 Å². The molecule has 1 unspecified atom stereocenters. The number of ether oxygens (including phenoxy) is 1. The first-order valence-corrected chi connectivity index (χ1v) is 9.99. The van der Waals surface area contributed by atoms with Crippen molar-refractivity contribution < 1.29 is 30.0 Å². The van der Waals surface area contributed by atoms with E-state index in [4.69, 9.17) is 9.84 Å². The maximum Gasteiger partial charge on any atom is 0.319 e. The van der Waals surface area contributed by atoms with Crippen LogP contribution in [0.5, 0.6) is 11.5 Å². The summed E-state index contributed by atoms with van der Waals surface area (Å²) < 4.78 is 5.43. The molecule has 164 valence electrons. The second kappa shape index (κ2) is 11.4. The summed E-state index contributed by atoms with van der Waals surface area (Å²) in [4.78, 5) is 11.8. The van der Waals surface area contributed by atoms with Crippen LogP contribution in [0.15, 0.2) is 30.3 Å². The number of phenols is 2. The minimum Gasteiger partial charge on any atom is -0.508 e. The highest BCUT2D eigenvalue weighted by atomic mass is 16.5. The van der Waals surface area contributed by atoms with E-state index in [0.29, 0.717) is 41.8 Å². The number of hydrogen-bond donors (Lipinski definition) is 6. The van der Waals surface area contributed by atoms with Crippen molar-refractivity contribution in [1.29, 1.82) is 0 Å². The number of carbonyl (C=O) groups is 1. The van der Waals surface area contributed by atoms with Crippen LogP contribution in [0.25, 0.3) is 11.1 Å². The molecule has 0 saturated carbocycles. The molecule has 1 atom stereocenters. The van der Waals surface area contributed by atoms with E-state index in [9.17, 15) is 20.1 Å². The molecule has 0 radical (unpaired) electrons. The lowest BCUT2D eigenvalue weighted by Crippen LogP contribution is -2.28. The number of carbonyl (C=O) groups excluding carboxylic acids is 1. The first-order valence-electron chi connectivity index (χ1n) is 9.99. The Hall–Kier alpha value is -2.81. The van der Waals surface area contributed by atoms with E-state index in [2.05, 4.69) is 10.6 Å². The predicted molar refractivity (Wildman–Crippen MR) is 115 cm³/mol. The standard InChI is InChI=1S/C22H30N2O6/c1-3-17-18(8-9-30-13-16(26)12-25)21(20(28)11-19(17)27)14-6-5-7-15(10-14)24-22(29)23-4-2/h5-7,10-11,16,25-28H,3-4,8-9,12-13H2,1-2H3,(H2,23,24,29). The number of anilines is 1. The van der Waals surface area contributed by atoms with Crippen LogP contribution in [0, 0.1) is 0 Å². The van der Waals surface area contributed by atoms with Gasteiger partial charge in [0.05, 0.1) is 19.8 Å². The number of hydrogen-bond acceptors (Lipinski definition) is 6. The third-order valence-electron chi connectivity index (χ3n) is 4.62. The Morgan fingerprint density at radius 1 is 1.13 bits per heavy atom. The molecule has 2 aromatic carbocycles. The lowest BCUT2D eigenvalue weighted by atomic mass is 9.90. The molecule has 8 nitrogen and oxygen atoms in total. The van der Waals surface area contributed by atoms with Crippen molar-refractivity contribution in [3.05, 3.63) is 41.5 Å². The normalized spacial score (nSPS) is 11.9. The highest BCUT2D eigenvalue weighted by Gasteiger charge is 2.19. The molecule has 0 aliphatic rings. The minimum absolute atomic E-state index is 0.000691. The first kappa shape index (κ1) is 23.5. The zero-order valence-electron chi connectivity index (χ0n) is 17.3. The summed E-state index contributed by atoms with van der Waals surface area (Å²) in [7, 11) is 0. The van der Waals surface area contributed by atoms with Crippen molar-refractivity contribution >= 4 is 11.7 Å². The van der Waals surface area contributed by atoms with Gasteiger partial charge in [-0.1, -0.05) is 19.1 Å². The number of phenolic OH excluding ortho intramolecular Hbond substituents is 2. The van der Waals surface area contributed by atoms with Gasteiger partial charge in [0.15, 0.2) is 0 Å². The second-order valence-electron chi connectivity index (χ2n) is 6.83. The van der Waals surface area contributed by atoms with Crippen LogP contribution in [0.3, 0.4) is 0 Å². The molecule has 6 N–H and O–H groups in total. The number of urea groups is 1. The summed E-state index contributed by atoms with van der Waals surface area (Å²) in [5.74, 6) is -0.0778. The van der Waals surface area contributed by atoms with Gasteiger partial charge in [0.25, 0.3) is 0 Å². The fourth-order valence-corrected chi connectivity index (χ4v) is 3.28. The van der Waals surface area contributed by atoms with Crippen molar-refractivity contribution in [1.82, 2.24) is 5.32 Å². The molecule has 8 heteroatoms. The van der Waals surface area contributed by atoms with Gasteiger partial charge in [0, 0.05) is 23.9 Å². The first-order chi connectivity index (χ1) is 14.4. The molecular formula is C22H30N2O6. The van der Waals surface area contributed by atoms with Gasteiger partial charge in [-0.2, -0.15) is 0 Å². The van der Waals surface area contributed by atoms with Crippen LogP contribution in [0.2, 0.25) is 0 Å². The molecule has 2 aromatic rings. The summed E-state index contributed by atoms with van der Waals surface area (Å²) in [6.07, 6.45) is -0.0262. The number of aliphatic hydroxyl groups is 2. The lowest BCUT2D eigenvalue weighted by molar-refractivity contribution is 0.00720. The molecule has 0 spiro atoms. The summed E-state index contributed by atoms with van der Waals surface area (Å²) >= 11 is 0. The molecular weight excluding hydrogens is 388 g/mol. The van der Waals surface area contributed by atoms with Gasteiger partial charge in [-0.3, -0.25) is 0 Å². The van der Waals surface area contributed by atoms with Crippen LogP contribution in [0.4, 0.5) is 10.5 Å². The van der Waals surface area contributed by atoms with Gasteiger partial charge in [0.2, 0.25) is 0 Å². The van der Waals surface area contributed by atoms with Crippen LogP contribution in [0.1, 0.15) is 25.0 Å². The molecule has 0 aromatic heterocycles. The maximum absolute atomic E-state index is 11.8. The van der Waals surface area contributed by atoms with Gasteiger partial charge in [0.1, 0.15) is 17.6 Å². The van der Waals surface area contributed by atoms with Crippen molar-refractivity contribution in [2.75, 3.05) is 31.7 Å². The average molecular weight is 418 g/mol. The van der Waals surface area contributed by atoms with E-state index in [1.165, 1.54) is 6.07 Å². The quantitative estimate of drug-likeness (QED) is 0.329. The Morgan fingerprint density at radius 2 is 1.90 bits per heavy atom. The van der Waals surface area contributed by atoms with Crippen LogP contribution >= 0.6 is 0 Å². The lowest BCUT2D eigenvalue weighted by Gasteiger charge is -2.19.